The maximum Gasteiger partial charge on any atom is 0.410 e. The van der Waals surface area contributed by atoms with E-state index < -0.39 is 29.4 Å². The second-order valence-corrected chi connectivity index (χ2v) is 12.6. The molecule has 1 aromatic rings. The Bertz CT molecular complexity index is 1190. The Hall–Kier alpha value is -3.08. The third kappa shape index (κ3) is 5.99. The molecular weight excluding hydrogens is 522 g/mol. The molecule has 0 aliphatic carbocycles. The van der Waals surface area contributed by atoms with E-state index in [-0.39, 0.29) is 49.8 Å². The molecule has 0 aromatic heterocycles. The molecule has 3 fully saturated rings. The van der Waals surface area contributed by atoms with Gasteiger partial charge in [-0.2, -0.15) is 0 Å². The number of hydrogen-bond acceptors (Lipinski definition) is 6. The van der Waals surface area contributed by atoms with Crippen LogP contribution in [0.2, 0.25) is 0 Å². The molecular formula is C29H38F2N4O5. The number of ether oxygens (including phenoxy) is 1. The van der Waals surface area contributed by atoms with Gasteiger partial charge in [0, 0.05) is 38.2 Å². The Kier molecular flexibility index (Phi) is 7.62. The van der Waals surface area contributed by atoms with E-state index in [4.69, 9.17) is 4.74 Å². The Balaban J connectivity index is 1.17. The summed E-state index contributed by atoms with van der Waals surface area (Å²) in [6.45, 7) is 7.59. The molecule has 0 bridgehead atoms. The Morgan fingerprint density at radius 2 is 1.80 bits per heavy atom. The van der Waals surface area contributed by atoms with E-state index in [0.29, 0.717) is 49.3 Å². The molecule has 2 unspecified atom stereocenters. The fourth-order valence-corrected chi connectivity index (χ4v) is 6.38. The van der Waals surface area contributed by atoms with E-state index in [0.717, 1.165) is 12.8 Å². The first-order chi connectivity index (χ1) is 18.8. The van der Waals surface area contributed by atoms with Crippen molar-refractivity contribution in [1.29, 1.82) is 0 Å². The smallest absolute Gasteiger partial charge is 0.410 e. The van der Waals surface area contributed by atoms with E-state index in [1.807, 2.05) is 25.7 Å². The van der Waals surface area contributed by atoms with Crippen molar-refractivity contribution in [3.05, 3.63) is 34.9 Å². The molecule has 4 heterocycles. The van der Waals surface area contributed by atoms with E-state index in [9.17, 15) is 19.2 Å². The molecule has 0 spiro atoms. The number of amides is 4. The maximum absolute atomic E-state index is 15.5. The van der Waals surface area contributed by atoms with Crippen molar-refractivity contribution in [2.75, 3.05) is 32.7 Å². The molecule has 4 aliphatic rings. The van der Waals surface area contributed by atoms with Gasteiger partial charge in [-0.25, -0.2) is 13.6 Å². The zero-order valence-corrected chi connectivity index (χ0v) is 23.4. The molecule has 0 radical (unpaired) electrons. The zero-order chi connectivity index (χ0) is 28.8. The molecule has 4 aliphatic heterocycles. The lowest BCUT2D eigenvalue weighted by Crippen LogP contribution is -2.52. The number of halogens is 2. The average Bonchev–Trinajstić information content (AvgIpc) is 3.18. The number of hydrogen-bond donors (Lipinski definition) is 1. The number of rotatable bonds is 4. The number of fused-ring (bicyclic) bond motifs is 1. The molecule has 5 rings (SSSR count). The lowest BCUT2D eigenvalue weighted by Gasteiger charge is -2.41. The lowest BCUT2D eigenvalue weighted by molar-refractivity contribution is -0.136. The van der Waals surface area contributed by atoms with Crippen molar-refractivity contribution in [3.63, 3.8) is 0 Å². The van der Waals surface area contributed by atoms with Crippen molar-refractivity contribution in [2.45, 2.75) is 82.9 Å². The number of carbonyl (C=O) groups is 4. The van der Waals surface area contributed by atoms with Gasteiger partial charge >= 0.3 is 6.09 Å². The monoisotopic (exact) mass is 560 g/mol. The van der Waals surface area contributed by atoms with Crippen LogP contribution in [0.1, 0.15) is 80.3 Å². The number of carbonyl (C=O) groups excluding carboxylic acids is 4. The van der Waals surface area contributed by atoms with Crippen LogP contribution in [0.3, 0.4) is 0 Å². The van der Waals surface area contributed by atoms with Crippen LogP contribution < -0.4 is 5.32 Å². The average molecular weight is 561 g/mol. The van der Waals surface area contributed by atoms with Gasteiger partial charge in [0.1, 0.15) is 11.6 Å². The fraction of sp³-hybridized carbons (Fsp3) is 0.655. The SMILES string of the molecule is CC(C)(C)OC(=O)N1CCC(CN2CCC(c3ccc4c(c3)CN(C3CCC(=O)NC3=O)C4=O)C(F)(F)C2)CC1. The summed E-state index contributed by atoms with van der Waals surface area (Å²) in [6, 6.07) is 4.17. The van der Waals surface area contributed by atoms with Gasteiger partial charge in [0.25, 0.3) is 11.8 Å². The van der Waals surface area contributed by atoms with Crippen molar-refractivity contribution < 1.29 is 32.7 Å². The summed E-state index contributed by atoms with van der Waals surface area (Å²) >= 11 is 0. The van der Waals surface area contributed by atoms with Crippen LogP contribution in [0.15, 0.2) is 18.2 Å². The number of nitrogens with zero attached hydrogens (tertiary/aromatic N) is 3. The highest BCUT2D eigenvalue weighted by Crippen LogP contribution is 2.42. The largest absolute Gasteiger partial charge is 0.444 e. The third-order valence-corrected chi connectivity index (χ3v) is 8.41. The third-order valence-electron chi connectivity index (χ3n) is 8.41. The molecule has 3 saturated heterocycles. The lowest BCUT2D eigenvalue weighted by atomic mass is 9.84. The van der Waals surface area contributed by atoms with Gasteiger partial charge in [-0.05, 0) is 76.1 Å². The number of nitrogens with one attached hydrogen (secondary N) is 1. The minimum Gasteiger partial charge on any atom is -0.444 e. The van der Waals surface area contributed by atoms with Crippen LogP contribution in [0, 0.1) is 5.92 Å². The van der Waals surface area contributed by atoms with Crippen LogP contribution in [0.25, 0.3) is 0 Å². The first-order valence-corrected chi connectivity index (χ1v) is 14.2. The van der Waals surface area contributed by atoms with Crippen molar-refractivity contribution >= 4 is 23.8 Å². The summed E-state index contributed by atoms with van der Waals surface area (Å²) in [5, 5.41) is 2.28. The van der Waals surface area contributed by atoms with E-state index in [1.54, 1.807) is 23.1 Å². The van der Waals surface area contributed by atoms with Crippen molar-refractivity contribution in [1.82, 2.24) is 20.0 Å². The Morgan fingerprint density at radius 1 is 1.07 bits per heavy atom. The van der Waals surface area contributed by atoms with Crippen molar-refractivity contribution in [3.8, 4) is 0 Å². The molecule has 4 amide bonds. The van der Waals surface area contributed by atoms with Gasteiger partial charge < -0.3 is 14.5 Å². The van der Waals surface area contributed by atoms with E-state index in [1.165, 1.54) is 4.90 Å². The Labute approximate surface area is 233 Å². The predicted octanol–water partition coefficient (Wildman–Crippen LogP) is 3.52. The quantitative estimate of drug-likeness (QED) is 0.566. The Morgan fingerprint density at radius 3 is 2.45 bits per heavy atom. The van der Waals surface area contributed by atoms with Crippen LogP contribution in [0.4, 0.5) is 13.6 Å². The molecule has 9 nitrogen and oxygen atoms in total. The number of alkyl halides is 2. The van der Waals surface area contributed by atoms with Gasteiger partial charge in [-0.3, -0.25) is 24.6 Å². The van der Waals surface area contributed by atoms with Gasteiger partial charge in [0.2, 0.25) is 11.8 Å². The van der Waals surface area contributed by atoms with Crippen LogP contribution >= 0.6 is 0 Å². The normalized spacial score (nSPS) is 26.1. The highest BCUT2D eigenvalue weighted by molar-refractivity contribution is 6.05. The number of imide groups is 1. The molecule has 1 N–H and O–H groups in total. The number of piperidine rings is 3. The van der Waals surface area contributed by atoms with Gasteiger partial charge in [0.05, 0.1) is 12.5 Å². The summed E-state index contributed by atoms with van der Waals surface area (Å²) < 4.78 is 36.4. The minimum atomic E-state index is -2.93. The summed E-state index contributed by atoms with van der Waals surface area (Å²) in [5.41, 5.74) is 1.02. The standard InChI is InChI=1S/C29H38F2N4O5/c1-28(2,3)40-27(39)34-12-8-18(9-13-34)15-33-11-10-22(29(30,31)17-33)19-4-5-21-20(14-19)16-35(26(21)38)23-6-7-24(36)32-25(23)37/h4-5,14,18,22-23H,6-13,15-17H2,1-3H3,(H,32,36,37). The predicted molar refractivity (Wildman–Crippen MR) is 142 cm³/mol. The highest BCUT2D eigenvalue weighted by Gasteiger charge is 2.46. The zero-order valence-electron chi connectivity index (χ0n) is 23.4. The topological polar surface area (TPSA) is 99.3 Å². The summed E-state index contributed by atoms with van der Waals surface area (Å²) in [6.07, 6.45) is 1.91. The second kappa shape index (κ2) is 10.7. The summed E-state index contributed by atoms with van der Waals surface area (Å²) in [7, 11) is 0. The van der Waals surface area contributed by atoms with Crippen molar-refractivity contribution in [2.24, 2.45) is 5.92 Å². The van der Waals surface area contributed by atoms with Crippen LogP contribution in [0.5, 0.6) is 0 Å². The van der Waals surface area contributed by atoms with Gasteiger partial charge in [-0.15, -0.1) is 0 Å². The van der Waals surface area contributed by atoms with Crippen LogP contribution in [-0.4, -0.2) is 88.8 Å². The molecule has 1 aromatic carbocycles. The molecule has 2 atom stereocenters. The summed E-state index contributed by atoms with van der Waals surface area (Å²) in [4.78, 5) is 54.1. The second-order valence-electron chi connectivity index (χ2n) is 12.6. The van der Waals surface area contributed by atoms with Crippen LogP contribution in [-0.2, 0) is 20.9 Å². The molecule has 40 heavy (non-hydrogen) atoms. The first kappa shape index (κ1) is 28.4. The fourth-order valence-electron chi connectivity index (χ4n) is 6.38. The highest BCUT2D eigenvalue weighted by atomic mass is 19.3. The maximum atomic E-state index is 15.5. The molecule has 11 heteroatoms. The first-order valence-electron chi connectivity index (χ1n) is 14.2. The molecule has 218 valence electrons. The van der Waals surface area contributed by atoms with E-state index >= 15 is 8.78 Å². The van der Waals surface area contributed by atoms with E-state index in [2.05, 4.69) is 5.32 Å². The van der Waals surface area contributed by atoms with Gasteiger partial charge in [-0.1, -0.05) is 12.1 Å². The number of likely N-dealkylation sites (tertiary alicyclic amines) is 2. The number of benzene rings is 1. The minimum absolute atomic E-state index is 0.162. The molecule has 0 saturated carbocycles. The van der Waals surface area contributed by atoms with Gasteiger partial charge in [0.15, 0.2) is 0 Å². The summed E-state index contributed by atoms with van der Waals surface area (Å²) in [5.74, 6) is -4.80.